The molecule has 0 amide bonds. The summed E-state index contributed by atoms with van der Waals surface area (Å²) in [5.74, 6) is 1.31. The van der Waals surface area contributed by atoms with E-state index in [9.17, 15) is 0 Å². The Kier molecular flexibility index (Phi) is 3.94. The van der Waals surface area contributed by atoms with E-state index < -0.39 is 0 Å². The van der Waals surface area contributed by atoms with E-state index in [0.29, 0.717) is 22.4 Å². The summed E-state index contributed by atoms with van der Waals surface area (Å²) in [5.41, 5.74) is 0. The molecule has 4 aromatic rings. The van der Waals surface area contributed by atoms with Crippen molar-refractivity contribution in [2.45, 2.75) is 6.61 Å². The van der Waals surface area contributed by atoms with Crippen LogP contribution in [0, 0.1) is 0 Å². The highest BCUT2D eigenvalue weighted by Gasteiger charge is 2.14. The summed E-state index contributed by atoms with van der Waals surface area (Å²) in [4.78, 5) is 1.75. The fourth-order valence-corrected chi connectivity index (χ4v) is 3.91. The number of aromatic nitrogens is 4. The topological polar surface area (TPSA) is 52.3 Å². The van der Waals surface area contributed by atoms with Gasteiger partial charge in [0.05, 0.1) is 9.90 Å². The van der Waals surface area contributed by atoms with Gasteiger partial charge in [0.2, 0.25) is 4.96 Å². The van der Waals surface area contributed by atoms with Gasteiger partial charge in [0.1, 0.15) is 12.4 Å². The highest BCUT2D eigenvalue weighted by atomic mass is 35.5. The van der Waals surface area contributed by atoms with E-state index in [1.165, 1.54) is 11.3 Å². The van der Waals surface area contributed by atoms with Gasteiger partial charge < -0.3 is 4.74 Å². The van der Waals surface area contributed by atoms with Crippen molar-refractivity contribution < 1.29 is 4.74 Å². The van der Waals surface area contributed by atoms with Gasteiger partial charge in [-0.05, 0) is 29.6 Å². The highest BCUT2D eigenvalue weighted by Crippen LogP contribution is 2.29. The maximum Gasteiger partial charge on any atom is 0.235 e. The number of benzene rings is 1. The Labute approximate surface area is 149 Å². The first-order chi connectivity index (χ1) is 11.2. The fraction of sp³-hybridized carbons (Fsp3) is 0.0714. The Morgan fingerprint density at radius 3 is 2.87 bits per heavy atom. The predicted molar refractivity (Wildman–Crippen MR) is 92.8 cm³/mol. The fourth-order valence-electron chi connectivity index (χ4n) is 2.01. The minimum Gasteiger partial charge on any atom is -0.485 e. The lowest BCUT2D eigenvalue weighted by Gasteiger charge is -2.05. The summed E-state index contributed by atoms with van der Waals surface area (Å²) >= 11 is 15.0. The van der Waals surface area contributed by atoms with Gasteiger partial charge in [-0.15, -0.1) is 21.5 Å². The Bertz CT molecular complexity index is 965. The zero-order chi connectivity index (χ0) is 15.8. The maximum atomic E-state index is 6.09. The molecule has 9 heteroatoms. The first-order valence-electron chi connectivity index (χ1n) is 6.53. The molecule has 0 bridgehead atoms. The third-order valence-electron chi connectivity index (χ3n) is 3.02. The van der Waals surface area contributed by atoms with Crippen LogP contribution in [0.2, 0.25) is 10.0 Å². The minimum atomic E-state index is 0.305. The average Bonchev–Trinajstić information content (AvgIpc) is 3.22. The van der Waals surface area contributed by atoms with Gasteiger partial charge in [0, 0.05) is 5.02 Å². The lowest BCUT2D eigenvalue weighted by atomic mass is 10.3. The molecule has 3 aromatic heterocycles. The summed E-state index contributed by atoms with van der Waals surface area (Å²) in [6.07, 6.45) is 0. The van der Waals surface area contributed by atoms with Gasteiger partial charge in [-0.3, -0.25) is 0 Å². The number of ether oxygens (including phenoxy) is 1. The molecule has 0 aliphatic rings. The number of halogens is 2. The van der Waals surface area contributed by atoms with Crippen molar-refractivity contribution in [1.82, 2.24) is 19.8 Å². The zero-order valence-electron chi connectivity index (χ0n) is 11.4. The van der Waals surface area contributed by atoms with Crippen molar-refractivity contribution in [3.05, 3.63) is 50.8 Å². The number of thiophene rings is 1. The van der Waals surface area contributed by atoms with Gasteiger partial charge in [0.15, 0.2) is 10.8 Å². The van der Waals surface area contributed by atoms with Crippen LogP contribution in [0.1, 0.15) is 5.01 Å². The van der Waals surface area contributed by atoms with E-state index in [2.05, 4.69) is 15.3 Å². The molecule has 0 fully saturated rings. The van der Waals surface area contributed by atoms with Crippen LogP contribution in [0.5, 0.6) is 5.75 Å². The van der Waals surface area contributed by atoms with Crippen LogP contribution in [-0.4, -0.2) is 19.8 Å². The molecule has 0 N–H and O–H groups in total. The summed E-state index contributed by atoms with van der Waals surface area (Å²) < 4.78 is 7.44. The van der Waals surface area contributed by atoms with Crippen LogP contribution in [0.15, 0.2) is 35.7 Å². The highest BCUT2D eigenvalue weighted by molar-refractivity contribution is 7.16. The number of fused-ring (bicyclic) bond motifs is 1. The predicted octanol–water partition coefficient (Wildman–Crippen LogP) is 4.80. The van der Waals surface area contributed by atoms with E-state index in [-0.39, 0.29) is 0 Å². The molecule has 0 saturated heterocycles. The summed E-state index contributed by atoms with van der Waals surface area (Å²) in [7, 11) is 0. The SMILES string of the molecule is Clc1ccc(OCc2nn3c(-c4cccs4)nnc3s2)c(Cl)c1. The Morgan fingerprint density at radius 2 is 2.09 bits per heavy atom. The minimum absolute atomic E-state index is 0.305. The second-order valence-corrected chi connectivity index (χ2v) is 7.39. The van der Waals surface area contributed by atoms with Gasteiger partial charge in [-0.1, -0.05) is 40.6 Å². The van der Waals surface area contributed by atoms with Crippen molar-refractivity contribution in [3.63, 3.8) is 0 Å². The molecule has 23 heavy (non-hydrogen) atoms. The van der Waals surface area contributed by atoms with Crippen LogP contribution < -0.4 is 4.74 Å². The van der Waals surface area contributed by atoms with E-state index >= 15 is 0 Å². The molecule has 0 unspecified atom stereocenters. The number of hydrogen-bond donors (Lipinski definition) is 0. The zero-order valence-corrected chi connectivity index (χ0v) is 14.6. The molecular weight excluding hydrogens is 375 g/mol. The Balaban J connectivity index is 1.58. The van der Waals surface area contributed by atoms with Crippen molar-refractivity contribution in [2.24, 2.45) is 0 Å². The molecule has 0 saturated carbocycles. The normalized spacial score (nSPS) is 11.2. The lowest BCUT2D eigenvalue weighted by molar-refractivity contribution is 0.304. The second kappa shape index (κ2) is 6.09. The van der Waals surface area contributed by atoms with Crippen molar-refractivity contribution in [2.75, 3.05) is 0 Å². The molecule has 0 atom stereocenters. The van der Waals surface area contributed by atoms with Gasteiger partial charge in [-0.2, -0.15) is 9.61 Å². The number of hydrogen-bond acceptors (Lipinski definition) is 6. The van der Waals surface area contributed by atoms with Crippen molar-refractivity contribution in [1.29, 1.82) is 0 Å². The van der Waals surface area contributed by atoms with Gasteiger partial charge in [-0.25, -0.2) is 0 Å². The smallest absolute Gasteiger partial charge is 0.235 e. The molecule has 0 aliphatic heterocycles. The second-order valence-electron chi connectivity index (χ2n) is 4.55. The Morgan fingerprint density at radius 1 is 1.17 bits per heavy atom. The van der Waals surface area contributed by atoms with Crippen LogP contribution in [0.4, 0.5) is 0 Å². The van der Waals surface area contributed by atoms with E-state index in [1.54, 1.807) is 34.1 Å². The van der Waals surface area contributed by atoms with Gasteiger partial charge in [0.25, 0.3) is 0 Å². The molecule has 116 valence electrons. The molecule has 4 rings (SSSR count). The lowest BCUT2D eigenvalue weighted by Crippen LogP contribution is -1.97. The molecule has 1 aromatic carbocycles. The van der Waals surface area contributed by atoms with Crippen LogP contribution >= 0.6 is 45.9 Å². The monoisotopic (exact) mass is 382 g/mol. The van der Waals surface area contributed by atoms with E-state index in [4.69, 9.17) is 27.9 Å². The van der Waals surface area contributed by atoms with Gasteiger partial charge >= 0.3 is 0 Å². The first-order valence-corrected chi connectivity index (χ1v) is 8.99. The van der Waals surface area contributed by atoms with E-state index in [1.807, 2.05) is 17.5 Å². The first kappa shape index (κ1) is 14.9. The van der Waals surface area contributed by atoms with Crippen molar-refractivity contribution >= 4 is 50.8 Å². The molecular formula is C14H8Cl2N4OS2. The maximum absolute atomic E-state index is 6.09. The largest absolute Gasteiger partial charge is 0.485 e. The molecule has 0 radical (unpaired) electrons. The summed E-state index contributed by atoms with van der Waals surface area (Å²) in [5, 5.41) is 16.7. The molecule has 0 spiro atoms. The third-order valence-corrected chi connectivity index (χ3v) is 5.29. The van der Waals surface area contributed by atoms with Crippen LogP contribution in [0.25, 0.3) is 15.7 Å². The third kappa shape index (κ3) is 2.92. The standard InChI is InChI=1S/C14H8Cl2N4OS2/c15-8-3-4-10(9(16)6-8)21-7-12-19-20-13(11-2-1-5-22-11)17-18-14(20)23-12/h1-6H,7H2. The molecule has 3 heterocycles. The summed E-state index contributed by atoms with van der Waals surface area (Å²) in [6, 6.07) is 9.08. The number of rotatable bonds is 4. The van der Waals surface area contributed by atoms with E-state index in [0.717, 1.165) is 20.7 Å². The molecule has 0 aliphatic carbocycles. The Hall–Kier alpha value is -1.67. The van der Waals surface area contributed by atoms with Crippen LogP contribution in [-0.2, 0) is 6.61 Å². The van der Waals surface area contributed by atoms with Crippen LogP contribution in [0.3, 0.4) is 0 Å². The van der Waals surface area contributed by atoms with Crippen molar-refractivity contribution in [3.8, 4) is 16.5 Å². The average molecular weight is 383 g/mol. The quantitative estimate of drug-likeness (QED) is 0.508. The number of nitrogens with zero attached hydrogens (tertiary/aromatic N) is 4. The summed E-state index contributed by atoms with van der Waals surface area (Å²) in [6.45, 7) is 0.305. The molecule has 5 nitrogen and oxygen atoms in total.